The number of fused-ring (bicyclic) bond motifs is 3. The first-order valence-electron chi connectivity index (χ1n) is 12.3. The summed E-state index contributed by atoms with van der Waals surface area (Å²) in [7, 11) is 0. The van der Waals surface area contributed by atoms with Gasteiger partial charge in [0.05, 0.1) is 29.6 Å². The Bertz CT molecular complexity index is 1680. The molecule has 1 saturated carbocycles. The zero-order chi connectivity index (χ0) is 24.1. The summed E-state index contributed by atoms with van der Waals surface area (Å²) in [6.45, 7) is 0.574. The average molecular weight is 472 g/mol. The molecule has 7 heteroatoms. The molecule has 7 nitrogen and oxygen atoms in total. The van der Waals surface area contributed by atoms with Crippen molar-refractivity contribution in [1.82, 2.24) is 29.1 Å². The maximum absolute atomic E-state index is 6.58. The summed E-state index contributed by atoms with van der Waals surface area (Å²) in [5.41, 5.74) is 14.5. The van der Waals surface area contributed by atoms with Crippen LogP contribution in [0, 0.1) is 0 Å². The van der Waals surface area contributed by atoms with Crippen molar-refractivity contribution >= 4 is 16.7 Å². The van der Waals surface area contributed by atoms with Gasteiger partial charge in [0, 0.05) is 29.1 Å². The summed E-state index contributed by atoms with van der Waals surface area (Å²) < 4.78 is 4.08. The zero-order valence-corrected chi connectivity index (χ0v) is 19.7. The fourth-order valence-electron chi connectivity index (χ4n) is 5.18. The van der Waals surface area contributed by atoms with E-state index in [2.05, 4.69) is 74.2 Å². The van der Waals surface area contributed by atoms with Crippen molar-refractivity contribution in [3.63, 3.8) is 0 Å². The molecule has 4 aromatic heterocycles. The number of nitrogens with zero attached hydrogens (tertiary/aromatic N) is 6. The van der Waals surface area contributed by atoms with E-state index in [1.54, 1.807) is 12.5 Å². The van der Waals surface area contributed by atoms with Crippen molar-refractivity contribution in [3.8, 4) is 22.4 Å². The van der Waals surface area contributed by atoms with Crippen molar-refractivity contribution in [2.75, 3.05) is 0 Å². The summed E-state index contributed by atoms with van der Waals surface area (Å²) >= 11 is 0. The van der Waals surface area contributed by atoms with Crippen LogP contribution in [-0.4, -0.2) is 29.1 Å². The van der Waals surface area contributed by atoms with Gasteiger partial charge >= 0.3 is 0 Å². The van der Waals surface area contributed by atoms with Gasteiger partial charge in [-0.05, 0) is 48.6 Å². The molecule has 0 saturated heterocycles. The van der Waals surface area contributed by atoms with Crippen LogP contribution in [0.4, 0.5) is 0 Å². The molecule has 6 aromatic rings. The molecule has 0 amide bonds. The van der Waals surface area contributed by atoms with Crippen LogP contribution in [0.2, 0.25) is 0 Å². The Morgan fingerprint density at radius 2 is 1.72 bits per heavy atom. The lowest BCUT2D eigenvalue weighted by atomic mass is 9.72. The molecule has 2 N–H and O–H groups in total. The molecule has 2 aromatic carbocycles. The first-order valence-corrected chi connectivity index (χ1v) is 12.3. The number of rotatable bonds is 5. The first kappa shape index (κ1) is 21.0. The normalized spacial score (nSPS) is 14.8. The standard InChI is InChI=1S/C29H25N7/c30-29(13-4-14-29)22-9-7-21(8-10-22)28-23(20-5-2-1-3-6-20)17-25-24(32-28)11-12-26-33-34-27(36(25)26)18-35-16-15-31-19-35/h1-3,5-12,15-17,19H,4,13-14,18,30H2. The van der Waals surface area contributed by atoms with Gasteiger partial charge in [-0.1, -0.05) is 54.6 Å². The van der Waals surface area contributed by atoms with Crippen molar-refractivity contribution in [3.05, 3.63) is 103 Å². The maximum Gasteiger partial charge on any atom is 0.161 e. The van der Waals surface area contributed by atoms with Crippen LogP contribution in [0.5, 0.6) is 0 Å². The highest BCUT2D eigenvalue weighted by atomic mass is 15.3. The number of aromatic nitrogens is 6. The molecule has 0 atom stereocenters. The number of imidazole rings is 1. The van der Waals surface area contributed by atoms with Crippen LogP contribution in [0.15, 0.2) is 91.5 Å². The molecule has 1 aliphatic carbocycles. The SMILES string of the molecule is NC1(c2ccc(-c3nc4ccc5nnc(Cn6ccnc6)n5c4cc3-c3ccccc3)cc2)CCC1. The highest BCUT2D eigenvalue weighted by molar-refractivity contribution is 5.91. The molecule has 0 bridgehead atoms. The minimum atomic E-state index is -0.177. The van der Waals surface area contributed by atoms with E-state index in [0.717, 1.165) is 57.7 Å². The van der Waals surface area contributed by atoms with Crippen LogP contribution in [-0.2, 0) is 12.1 Å². The lowest BCUT2D eigenvalue weighted by molar-refractivity contribution is 0.253. The summed E-state index contributed by atoms with van der Waals surface area (Å²) in [6, 6.07) is 25.3. The minimum absolute atomic E-state index is 0.177. The van der Waals surface area contributed by atoms with Gasteiger partial charge in [0.25, 0.3) is 0 Å². The topological polar surface area (TPSA) is 86.9 Å². The molecule has 4 heterocycles. The second-order valence-corrected chi connectivity index (χ2v) is 9.62. The molecular formula is C29H25N7. The molecule has 7 rings (SSSR count). The van der Waals surface area contributed by atoms with E-state index in [9.17, 15) is 0 Å². The Kier molecular flexibility index (Phi) is 4.72. The van der Waals surface area contributed by atoms with Crippen LogP contribution < -0.4 is 5.73 Å². The predicted molar refractivity (Wildman–Crippen MR) is 140 cm³/mol. The molecule has 0 unspecified atom stereocenters. The lowest BCUT2D eigenvalue weighted by Gasteiger charge is -2.38. The van der Waals surface area contributed by atoms with Crippen molar-refractivity contribution in [2.45, 2.75) is 31.3 Å². The van der Waals surface area contributed by atoms with Gasteiger partial charge < -0.3 is 10.3 Å². The van der Waals surface area contributed by atoms with Crippen LogP contribution >= 0.6 is 0 Å². The van der Waals surface area contributed by atoms with Crippen molar-refractivity contribution in [2.24, 2.45) is 5.73 Å². The van der Waals surface area contributed by atoms with E-state index >= 15 is 0 Å². The molecule has 1 fully saturated rings. The molecule has 0 aliphatic heterocycles. The fourth-order valence-corrected chi connectivity index (χ4v) is 5.18. The first-order chi connectivity index (χ1) is 17.7. The highest BCUT2D eigenvalue weighted by Crippen LogP contribution is 2.40. The Balaban J connectivity index is 1.43. The average Bonchev–Trinajstić information content (AvgIpc) is 3.58. The molecular weight excluding hydrogens is 446 g/mol. The van der Waals surface area contributed by atoms with Gasteiger partial charge in [-0.25, -0.2) is 9.97 Å². The van der Waals surface area contributed by atoms with Gasteiger partial charge in [0.15, 0.2) is 11.5 Å². The summed E-state index contributed by atoms with van der Waals surface area (Å²) in [5.74, 6) is 0.834. The Labute approximate surface area is 208 Å². The van der Waals surface area contributed by atoms with Gasteiger partial charge in [-0.3, -0.25) is 4.40 Å². The number of nitrogens with two attached hydrogens (primary N) is 1. The molecule has 176 valence electrons. The quantitative estimate of drug-likeness (QED) is 0.374. The number of hydrogen-bond acceptors (Lipinski definition) is 5. The van der Waals surface area contributed by atoms with Gasteiger partial charge in [0.1, 0.15) is 0 Å². The van der Waals surface area contributed by atoms with Crippen LogP contribution in [0.1, 0.15) is 30.7 Å². The van der Waals surface area contributed by atoms with Gasteiger partial charge in [-0.2, -0.15) is 0 Å². The lowest BCUT2D eigenvalue weighted by Crippen LogP contribution is -2.43. The van der Waals surface area contributed by atoms with Gasteiger partial charge in [-0.15, -0.1) is 10.2 Å². The summed E-state index contributed by atoms with van der Waals surface area (Å²) in [6.07, 6.45) is 8.78. The molecule has 0 spiro atoms. The van der Waals surface area contributed by atoms with Gasteiger partial charge in [0.2, 0.25) is 0 Å². The number of hydrogen-bond donors (Lipinski definition) is 1. The monoisotopic (exact) mass is 471 g/mol. The third-order valence-corrected chi connectivity index (χ3v) is 7.36. The second kappa shape index (κ2) is 8.10. The smallest absolute Gasteiger partial charge is 0.161 e. The zero-order valence-electron chi connectivity index (χ0n) is 19.7. The van der Waals surface area contributed by atoms with E-state index in [1.165, 1.54) is 12.0 Å². The van der Waals surface area contributed by atoms with E-state index in [0.29, 0.717) is 6.54 Å². The number of pyridine rings is 2. The molecule has 36 heavy (non-hydrogen) atoms. The van der Waals surface area contributed by atoms with E-state index in [1.807, 2.05) is 29.0 Å². The largest absolute Gasteiger partial charge is 0.330 e. The molecule has 1 aliphatic rings. The Hall–Kier alpha value is -4.36. The van der Waals surface area contributed by atoms with Crippen molar-refractivity contribution < 1.29 is 0 Å². The van der Waals surface area contributed by atoms with Crippen molar-refractivity contribution in [1.29, 1.82) is 0 Å². The summed E-state index contributed by atoms with van der Waals surface area (Å²) in [5, 5.41) is 8.89. The second-order valence-electron chi connectivity index (χ2n) is 9.62. The summed E-state index contributed by atoms with van der Waals surface area (Å²) in [4.78, 5) is 9.35. The Morgan fingerprint density at radius 1 is 0.889 bits per heavy atom. The minimum Gasteiger partial charge on any atom is -0.330 e. The Morgan fingerprint density at radius 3 is 2.44 bits per heavy atom. The van der Waals surface area contributed by atoms with E-state index in [-0.39, 0.29) is 5.54 Å². The predicted octanol–water partition coefficient (Wildman–Crippen LogP) is 5.19. The maximum atomic E-state index is 6.58. The van der Waals surface area contributed by atoms with Crippen LogP contribution in [0.3, 0.4) is 0 Å². The van der Waals surface area contributed by atoms with E-state index < -0.39 is 0 Å². The number of benzene rings is 2. The fraction of sp³-hybridized carbons (Fsp3) is 0.172. The third-order valence-electron chi connectivity index (χ3n) is 7.36. The van der Waals surface area contributed by atoms with E-state index in [4.69, 9.17) is 10.7 Å². The molecule has 0 radical (unpaired) electrons. The van der Waals surface area contributed by atoms with Crippen LogP contribution in [0.25, 0.3) is 39.1 Å². The highest BCUT2D eigenvalue weighted by Gasteiger charge is 2.34. The third kappa shape index (κ3) is 3.39.